The zero-order chi connectivity index (χ0) is 13.2. The molecule has 0 atom stereocenters. The van der Waals surface area contributed by atoms with Gasteiger partial charge in [0.25, 0.3) is 0 Å². The minimum Gasteiger partial charge on any atom is -0.508 e. The lowest BCUT2D eigenvalue weighted by Crippen LogP contribution is -1.83. The molecule has 0 amide bonds. The Morgan fingerprint density at radius 2 is 2.11 bits per heavy atom. The fourth-order valence-electron chi connectivity index (χ4n) is 1.86. The van der Waals surface area contributed by atoms with Gasteiger partial charge in [0.15, 0.2) is 0 Å². The maximum absolute atomic E-state index is 9.26. The van der Waals surface area contributed by atoms with Gasteiger partial charge in [-0.25, -0.2) is 4.98 Å². The van der Waals surface area contributed by atoms with Crippen molar-refractivity contribution in [3.63, 3.8) is 0 Å². The molecular weight excluding hydrogens is 256 g/mol. The first-order chi connectivity index (χ1) is 9.26. The monoisotopic (exact) mass is 268 g/mol. The summed E-state index contributed by atoms with van der Waals surface area (Å²) in [6, 6.07) is 8.98. The van der Waals surface area contributed by atoms with Crippen molar-refractivity contribution < 1.29 is 5.11 Å². The Morgan fingerprint density at radius 1 is 1.37 bits per heavy atom. The smallest absolute Gasteiger partial charge is 0.134 e. The summed E-state index contributed by atoms with van der Waals surface area (Å²) >= 11 is 1.52. The quantitative estimate of drug-likeness (QED) is 0.862. The van der Waals surface area contributed by atoms with Gasteiger partial charge in [0.2, 0.25) is 0 Å². The lowest BCUT2D eigenvalue weighted by atomic mass is 10.1. The average molecular weight is 268 g/mol. The van der Waals surface area contributed by atoms with Gasteiger partial charge in [0.1, 0.15) is 16.8 Å². The Bertz CT molecular complexity index is 660. The summed E-state index contributed by atoms with van der Waals surface area (Å²) < 4.78 is 0. The van der Waals surface area contributed by atoms with E-state index in [0.29, 0.717) is 11.5 Å². The van der Waals surface area contributed by atoms with E-state index >= 15 is 0 Å². The molecule has 4 heteroatoms. The molecule has 0 bridgehead atoms. The molecule has 1 aromatic carbocycles. The third-order valence-electron chi connectivity index (χ3n) is 3.07. The molecule has 2 aromatic rings. The number of thiazole rings is 1. The molecule has 1 aromatic heterocycles. The van der Waals surface area contributed by atoms with Gasteiger partial charge in [-0.05, 0) is 36.6 Å². The highest BCUT2D eigenvalue weighted by Gasteiger charge is 2.26. The van der Waals surface area contributed by atoms with Crippen LogP contribution < -0.4 is 0 Å². The highest BCUT2D eigenvalue weighted by molar-refractivity contribution is 7.11. The van der Waals surface area contributed by atoms with E-state index in [0.717, 1.165) is 16.3 Å². The minimum atomic E-state index is 0.223. The van der Waals surface area contributed by atoms with Crippen molar-refractivity contribution in [2.24, 2.45) is 0 Å². The standard InChI is InChI=1S/C15H12N2OS/c16-8-12(7-10-1-5-13(18)6-2-10)15-17-14(9-19-15)11-3-4-11/h1-2,5-7,9,11,18H,3-4H2. The third-order valence-corrected chi connectivity index (χ3v) is 3.97. The lowest BCUT2D eigenvalue weighted by Gasteiger charge is -1.96. The summed E-state index contributed by atoms with van der Waals surface area (Å²) in [5, 5.41) is 21.3. The van der Waals surface area contributed by atoms with Crippen LogP contribution in [0.2, 0.25) is 0 Å². The van der Waals surface area contributed by atoms with Crippen molar-refractivity contribution >= 4 is 23.0 Å². The zero-order valence-corrected chi connectivity index (χ0v) is 11.0. The van der Waals surface area contributed by atoms with Crippen LogP contribution in [0.15, 0.2) is 29.6 Å². The van der Waals surface area contributed by atoms with Gasteiger partial charge in [0.05, 0.1) is 11.3 Å². The van der Waals surface area contributed by atoms with Gasteiger partial charge in [-0.1, -0.05) is 12.1 Å². The van der Waals surface area contributed by atoms with Crippen LogP contribution >= 0.6 is 11.3 Å². The SMILES string of the molecule is N#CC(=Cc1ccc(O)cc1)c1nc(C2CC2)cs1. The number of allylic oxidation sites excluding steroid dienone is 1. The van der Waals surface area contributed by atoms with Gasteiger partial charge in [-0.3, -0.25) is 0 Å². The molecule has 19 heavy (non-hydrogen) atoms. The maximum Gasteiger partial charge on any atom is 0.134 e. The fraction of sp³-hybridized carbons (Fsp3) is 0.200. The molecule has 1 N–H and O–H groups in total. The highest BCUT2D eigenvalue weighted by Crippen LogP contribution is 2.40. The first-order valence-corrected chi connectivity index (χ1v) is 7.01. The molecule has 0 saturated heterocycles. The second-order valence-corrected chi connectivity index (χ2v) is 5.47. The van der Waals surface area contributed by atoms with Crippen LogP contribution in [0.3, 0.4) is 0 Å². The van der Waals surface area contributed by atoms with Crippen LogP contribution in [-0.4, -0.2) is 10.1 Å². The van der Waals surface area contributed by atoms with Crippen molar-refractivity contribution in [1.82, 2.24) is 4.98 Å². The molecule has 3 nitrogen and oxygen atoms in total. The van der Waals surface area contributed by atoms with Crippen LogP contribution in [0.1, 0.15) is 35.0 Å². The minimum absolute atomic E-state index is 0.223. The van der Waals surface area contributed by atoms with Crippen molar-refractivity contribution in [3.8, 4) is 11.8 Å². The second kappa shape index (κ2) is 4.87. The fourth-order valence-corrected chi connectivity index (χ4v) is 2.72. The van der Waals surface area contributed by atoms with Crippen molar-refractivity contribution in [1.29, 1.82) is 5.26 Å². The first kappa shape index (κ1) is 11.9. The Balaban J connectivity index is 1.90. The molecule has 0 spiro atoms. The van der Waals surface area contributed by atoms with E-state index in [4.69, 9.17) is 0 Å². The van der Waals surface area contributed by atoms with Gasteiger partial charge in [0, 0.05) is 11.3 Å². The average Bonchev–Trinajstić information content (AvgIpc) is 3.17. The van der Waals surface area contributed by atoms with Crippen LogP contribution in [0.25, 0.3) is 11.6 Å². The van der Waals surface area contributed by atoms with Crippen molar-refractivity contribution in [3.05, 3.63) is 45.9 Å². The Kier molecular flexibility index (Phi) is 3.06. The molecule has 0 aliphatic heterocycles. The Hall–Kier alpha value is -2.12. The lowest BCUT2D eigenvalue weighted by molar-refractivity contribution is 0.475. The number of nitriles is 1. The van der Waals surface area contributed by atoms with E-state index in [1.54, 1.807) is 30.3 Å². The van der Waals surface area contributed by atoms with Crippen molar-refractivity contribution in [2.45, 2.75) is 18.8 Å². The number of aromatic hydroxyl groups is 1. The second-order valence-electron chi connectivity index (χ2n) is 4.61. The largest absolute Gasteiger partial charge is 0.508 e. The predicted molar refractivity (Wildman–Crippen MR) is 75.7 cm³/mol. The number of benzene rings is 1. The summed E-state index contributed by atoms with van der Waals surface area (Å²) in [7, 11) is 0. The number of phenolic OH excluding ortho intramolecular Hbond substituents is 1. The topological polar surface area (TPSA) is 56.9 Å². The number of hydrogen-bond acceptors (Lipinski definition) is 4. The van der Waals surface area contributed by atoms with E-state index in [-0.39, 0.29) is 5.75 Å². The summed E-state index contributed by atoms with van der Waals surface area (Å²) in [6.07, 6.45) is 4.23. The van der Waals surface area contributed by atoms with Crippen LogP contribution in [-0.2, 0) is 0 Å². The molecule has 1 heterocycles. The molecule has 1 fully saturated rings. The van der Waals surface area contributed by atoms with Gasteiger partial charge < -0.3 is 5.11 Å². The summed E-state index contributed by atoms with van der Waals surface area (Å²) in [5.41, 5.74) is 2.58. The summed E-state index contributed by atoms with van der Waals surface area (Å²) in [6.45, 7) is 0. The number of rotatable bonds is 3. The molecule has 1 aliphatic rings. The van der Waals surface area contributed by atoms with Gasteiger partial charge in [-0.15, -0.1) is 11.3 Å². The molecule has 0 unspecified atom stereocenters. The first-order valence-electron chi connectivity index (χ1n) is 6.13. The molecule has 1 aliphatic carbocycles. The Labute approximate surface area is 115 Å². The van der Waals surface area contributed by atoms with Crippen LogP contribution in [0.4, 0.5) is 0 Å². The number of hydrogen-bond donors (Lipinski definition) is 1. The zero-order valence-electron chi connectivity index (χ0n) is 10.2. The molecule has 1 saturated carbocycles. The summed E-state index contributed by atoms with van der Waals surface area (Å²) in [5.74, 6) is 0.833. The van der Waals surface area contributed by atoms with Crippen molar-refractivity contribution in [2.75, 3.05) is 0 Å². The van der Waals surface area contributed by atoms with E-state index in [1.807, 2.05) is 0 Å². The van der Waals surface area contributed by atoms with E-state index in [1.165, 1.54) is 24.2 Å². The van der Waals surface area contributed by atoms with Crippen LogP contribution in [0, 0.1) is 11.3 Å². The van der Waals surface area contributed by atoms with Gasteiger partial charge >= 0.3 is 0 Å². The predicted octanol–water partition coefficient (Wildman–Crippen LogP) is 3.79. The number of nitrogens with zero attached hydrogens (tertiary/aromatic N) is 2. The van der Waals surface area contributed by atoms with Gasteiger partial charge in [-0.2, -0.15) is 5.26 Å². The number of phenols is 1. The van der Waals surface area contributed by atoms with Crippen LogP contribution in [0.5, 0.6) is 5.75 Å². The third kappa shape index (κ3) is 2.67. The maximum atomic E-state index is 9.26. The molecule has 94 valence electrons. The van der Waals surface area contributed by atoms with E-state index in [2.05, 4.69) is 16.4 Å². The highest BCUT2D eigenvalue weighted by atomic mass is 32.1. The number of aromatic nitrogens is 1. The summed E-state index contributed by atoms with van der Waals surface area (Å²) in [4.78, 5) is 4.54. The molecule has 3 rings (SSSR count). The Morgan fingerprint density at radius 3 is 2.74 bits per heavy atom. The van der Waals surface area contributed by atoms with E-state index in [9.17, 15) is 10.4 Å². The normalized spacial score (nSPS) is 15.2. The molecule has 0 radical (unpaired) electrons. The molecular formula is C15H12N2OS. The van der Waals surface area contributed by atoms with E-state index < -0.39 is 0 Å².